The van der Waals surface area contributed by atoms with Crippen LogP contribution in [0.25, 0.3) is 17.0 Å². The van der Waals surface area contributed by atoms with Gasteiger partial charge in [0.15, 0.2) is 11.5 Å². The third kappa shape index (κ3) is 3.91. The maximum absolute atomic E-state index is 13.0. The maximum Gasteiger partial charge on any atom is 0.328 e. The molecule has 0 saturated carbocycles. The summed E-state index contributed by atoms with van der Waals surface area (Å²) in [6, 6.07) is 7.72. The van der Waals surface area contributed by atoms with Crippen LogP contribution in [0, 0.1) is 0 Å². The molecule has 0 spiro atoms. The molecule has 0 radical (unpaired) electrons. The highest BCUT2D eigenvalue weighted by molar-refractivity contribution is 7.92. The Bertz CT molecular complexity index is 1170. The molecule has 0 atom stereocenters. The second-order valence-electron chi connectivity index (χ2n) is 5.70. The molecule has 146 valence electrons. The number of sulfonamides is 1. The standard InChI is InChI=1S/C18H17N3O6S/c1-26-15-7-11(3-6-17(22)23)8-16(18(15)27-2)28(24,25)21-13-5-4-12-10-19-20-14(12)9-13/h3-10,21H,1-2H3,(H,19,20)(H,22,23)/b6-3+. The van der Waals surface area contributed by atoms with Crippen LogP contribution < -0.4 is 14.2 Å². The van der Waals surface area contributed by atoms with Crippen LogP contribution >= 0.6 is 0 Å². The van der Waals surface area contributed by atoms with E-state index >= 15 is 0 Å². The number of aliphatic carboxylic acids is 1. The second-order valence-corrected chi connectivity index (χ2v) is 7.35. The summed E-state index contributed by atoms with van der Waals surface area (Å²) in [6.45, 7) is 0. The van der Waals surface area contributed by atoms with Crippen molar-refractivity contribution in [1.82, 2.24) is 10.2 Å². The summed E-state index contributed by atoms with van der Waals surface area (Å²) in [4.78, 5) is 10.6. The zero-order chi connectivity index (χ0) is 20.3. The molecule has 3 aromatic rings. The first kappa shape index (κ1) is 19.2. The monoisotopic (exact) mass is 403 g/mol. The molecule has 3 N–H and O–H groups in total. The van der Waals surface area contributed by atoms with Crippen LogP contribution in [-0.2, 0) is 14.8 Å². The van der Waals surface area contributed by atoms with Gasteiger partial charge in [-0.3, -0.25) is 9.82 Å². The van der Waals surface area contributed by atoms with Crippen LogP contribution in [0.15, 0.2) is 47.5 Å². The van der Waals surface area contributed by atoms with E-state index in [2.05, 4.69) is 14.9 Å². The van der Waals surface area contributed by atoms with Crippen molar-refractivity contribution >= 4 is 38.7 Å². The zero-order valence-electron chi connectivity index (χ0n) is 15.0. The first-order valence-electron chi connectivity index (χ1n) is 7.97. The van der Waals surface area contributed by atoms with Crippen molar-refractivity contribution in [3.8, 4) is 11.5 Å². The maximum atomic E-state index is 13.0. The van der Waals surface area contributed by atoms with Gasteiger partial charge in [0.25, 0.3) is 10.0 Å². The highest BCUT2D eigenvalue weighted by atomic mass is 32.2. The summed E-state index contributed by atoms with van der Waals surface area (Å²) in [7, 11) is -1.39. The summed E-state index contributed by atoms with van der Waals surface area (Å²) >= 11 is 0. The number of fused-ring (bicyclic) bond motifs is 1. The molecule has 0 aliphatic rings. The van der Waals surface area contributed by atoms with Gasteiger partial charge in [-0.05, 0) is 42.0 Å². The molecule has 28 heavy (non-hydrogen) atoms. The van der Waals surface area contributed by atoms with E-state index in [9.17, 15) is 13.2 Å². The minimum absolute atomic E-state index is 0.00472. The average molecular weight is 403 g/mol. The highest BCUT2D eigenvalue weighted by Crippen LogP contribution is 2.37. The minimum atomic E-state index is -4.07. The number of nitrogens with zero attached hydrogens (tertiary/aromatic N) is 1. The van der Waals surface area contributed by atoms with Crippen molar-refractivity contribution in [2.75, 3.05) is 18.9 Å². The third-order valence-corrected chi connectivity index (χ3v) is 5.26. The number of H-pyrrole nitrogens is 1. The molecule has 2 aromatic carbocycles. The fourth-order valence-electron chi connectivity index (χ4n) is 2.62. The van der Waals surface area contributed by atoms with Crippen molar-refractivity contribution in [2.45, 2.75) is 4.90 Å². The lowest BCUT2D eigenvalue weighted by Crippen LogP contribution is -2.15. The van der Waals surface area contributed by atoms with Crippen LogP contribution in [0.1, 0.15) is 5.56 Å². The number of aromatic amines is 1. The summed E-state index contributed by atoms with van der Waals surface area (Å²) in [5.74, 6) is -1.00. The van der Waals surface area contributed by atoms with Crippen LogP contribution in [0.5, 0.6) is 11.5 Å². The molecular formula is C18H17N3O6S. The lowest BCUT2D eigenvalue weighted by Gasteiger charge is -2.15. The fourth-order valence-corrected chi connectivity index (χ4v) is 3.89. The molecule has 9 nitrogen and oxygen atoms in total. The lowest BCUT2D eigenvalue weighted by molar-refractivity contribution is -0.131. The molecule has 3 rings (SSSR count). The van der Waals surface area contributed by atoms with Gasteiger partial charge in [-0.25, -0.2) is 13.2 Å². The van der Waals surface area contributed by atoms with E-state index in [1.807, 2.05) is 0 Å². The Morgan fingerprint density at radius 2 is 2.00 bits per heavy atom. The van der Waals surface area contributed by atoms with Gasteiger partial charge < -0.3 is 14.6 Å². The number of aromatic nitrogens is 2. The Kier molecular flexibility index (Phi) is 5.23. The molecular weight excluding hydrogens is 386 g/mol. The number of carbonyl (C=O) groups is 1. The predicted molar refractivity (Wildman–Crippen MR) is 103 cm³/mol. The smallest absolute Gasteiger partial charge is 0.328 e. The van der Waals surface area contributed by atoms with E-state index in [0.717, 1.165) is 11.5 Å². The Balaban J connectivity index is 2.07. The van der Waals surface area contributed by atoms with E-state index in [4.69, 9.17) is 14.6 Å². The molecule has 1 aromatic heterocycles. The van der Waals surface area contributed by atoms with Gasteiger partial charge in [0.2, 0.25) is 0 Å². The molecule has 0 unspecified atom stereocenters. The van der Waals surface area contributed by atoms with Crippen LogP contribution in [0.2, 0.25) is 0 Å². The molecule has 0 fully saturated rings. The fraction of sp³-hybridized carbons (Fsp3) is 0.111. The van der Waals surface area contributed by atoms with Gasteiger partial charge in [0, 0.05) is 11.5 Å². The number of methoxy groups -OCH3 is 2. The van der Waals surface area contributed by atoms with Crippen molar-refractivity contribution < 1.29 is 27.8 Å². The number of anilines is 1. The van der Waals surface area contributed by atoms with Gasteiger partial charge in [-0.15, -0.1) is 0 Å². The van der Waals surface area contributed by atoms with Gasteiger partial charge in [-0.2, -0.15) is 5.10 Å². The summed E-state index contributed by atoms with van der Waals surface area (Å²) in [6.07, 6.45) is 3.79. The molecule has 0 saturated heterocycles. The SMILES string of the molecule is COc1cc(/C=C/C(=O)O)cc(S(=O)(=O)Nc2ccc3cn[nH]c3c2)c1OC. The number of hydrogen-bond acceptors (Lipinski definition) is 6. The number of nitrogens with one attached hydrogen (secondary N) is 2. The highest BCUT2D eigenvalue weighted by Gasteiger charge is 2.24. The van der Waals surface area contributed by atoms with Crippen LogP contribution in [-0.4, -0.2) is 43.9 Å². The summed E-state index contributed by atoms with van der Waals surface area (Å²) in [5.41, 5.74) is 1.32. The zero-order valence-corrected chi connectivity index (χ0v) is 15.8. The average Bonchev–Trinajstić information content (AvgIpc) is 3.12. The minimum Gasteiger partial charge on any atom is -0.493 e. The first-order valence-corrected chi connectivity index (χ1v) is 9.45. The van der Waals surface area contributed by atoms with E-state index < -0.39 is 16.0 Å². The van der Waals surface area contributed by atoms with Gasteiger partial charge in [-0.1, -0.05) is 0 Å². The van der Waals surface area contributed by atoms with Crippen molar-refractivity contribution in [3.63, 3.8) is 0 Å². The van der Waals surface area contributed by atoms with Crippen molar-refractivity contribution in [2.24, 2.45) is 0 Å². The quantitative estimate of drug-likeness (QED) is 0.517. The van der Waals surface area contributed by atoms with Gasteiger partial charge in [0.1, 0.15) is 4.90 Å². The number of carboxylic acids is 1. The van der Waals surface area contributed by atoms with Crippen molar-refractivity contribution in [3.05, 3.63) is 48.2 Å². The van der Waals surface area contributed by atoms with Gasteiger partial charge in [0.05, 0.1) is 31.6 Å². The third-order valence-electron chi connectivity index (χ3n) is 3.87. The number of ether oxygens (including phenoxy) is 2. The Morgan fingerprint density at radius 3 is 2.68 bits per heavy atom. The molecule has 0 bridgehead atoms. The number of rotatable bonds is 7. The first-order chi connectivity index (χ1) is 13.3. The lowest BCUT2D eigenvalue weighted by atomic mass is 10.2. The summed E-state index contributed by atoms with van der Waals surface area (Å²) < 4.78 is 38.9. The Morgan fingerprint density at radius 1 is 1.21 bits per heavy atom. The largest absolute Gasteiger partial charge is 0.493 e. The molecule has 0 amide bonds. The topological polar surface area (TPSA) is 131 Å². The van der Waals surface area contributed by atoms with Crippen molar-refractivity contribution in [1.29, 1.82) is 0 Å². The van der Waals surface area contributed by atoms with Crippen LogP contribution in [0.3, 0.4) is 0 Å². The Labute approximate surface area is 160 Å². The van der Waals surface area contributed by atoms with Crippen LogP contribution in [0.4, 0.5) is 5.69 Å². The normalized spacial score (nSPS) is 11.6. The Hall–Kier alpha value is -3.53. The van der Waals surface area contributed by atoms with E-state index in [0.29, 0.717) is 16.8 Å². The summed E-state index contributed by atoms with van der Waals surface area (Å²) in [5, 5.41) is 16.3. The van der Waals surface area contributed by atoms with Gasteiger partial charge >= 0.3 is 5.97 Å². The number of hydrogen-bond donors (Lipinski definition) is 3. The second kappa shape index (κ2) is 7.61. The van der Waals surface area contributed by atoms with E-state index in [1.54, 1.807) is 24.4 Å². The number of benzene rings is 2. The molecule has 0 aliphatic carbocycles. The molecule has 1 heterocycles. The van der Waals surface area contributed by atoms with E-state index in [1.165, 1.54) is 32.4 Å². The predicted octanol–water partition coefficient (Wildman–Crippen LogP) is 2.48. The molecule has 10 heteroatoms. The number of carboxylic acid groups (broad SMARTS) is 1. The van der Waals surface area contributed by atoms with E-state index in [-0.39, 0.29) is 16.4 Å². The molecule has 0 aliphatic heterocycles.